The van der Waals surface area contributed by atoms with Gasteiger partial charge >= 0.3 is 6.18 Å². The summed E-state index contributed by atoms with van der Waals surface area (Å²) < 4.78 is 48.8. The van der Waals surface area contributed by atoms with Crippen LogP contribution in [0.2, 0.25) is 0 Å². The standard InChI is InChI=1S/C22H29F3N4O2.HI/c1-26-21(27-13-15-6-9-17(10-7-15)22(23,24)25)28-14-18(29(2)3)16-8-11-19(30-4)20(12-16)31-5;/h6-12,18H,13-14H2,1-5H3,(H2,26,27,28);1H. The van der Waals surface area contributed by atoms with Crippen molar-refractivity contribution in [2.75, 3.05) is 41.9 Å². The Morgan fingerprint density at radius 3 is 2.12 bits per heavy atom. The van der Waals surface area contributed by atoms with E-state index in [-0.39, 0.29) is 30.0 Å². The summed E-state index contributed by atoms with van der Waals surface area (Å²) in [4.78, 5) is 6.26. The average Bonchev–Trinajstić information content (AvgIpc) is 2.75. The van der Waals surface area contributed by atoms with Crippen LogP contribution in [0.15, 0.2) is 47.5 Å². The van der Waals surface area contributed by atoms with Gasteiger partial charge in [0.25, 0.3) is 0 Å². The lowest BCUT2D eigenvalue weighted by Gasteiger charge is -2.26. The van der Waals surface area contributed by atoms with Gasteiger partial charge < -0.3 is 25.0 Å². The molecule has 1 unspecified atom stereocenters. The van der Waals surface area contributed by atoms with Crippen molar-refractivity contribution >= 4 is 29.9 Å². The molecule has 6 nitrogen and oxygen atoms in total. The molecule has 10 heteroatoms. The van der Waals surface area contributed by atoms with Gasteiger partial charge in [0, 0.05) is 20.1 Å². The highest BCUT2D eigenvalue weighted by atomic mass is 127. The zero-order chi connectivity index (χ0) is 23.0. The normalized spacial score (nSPS) is 12.7. The molecule has 0 radical (unpaired) electrons. The topological polar surface area (TPSA) is 58.1 Å². The van der Waals surface area contributed by atoms with E-state index in [0.29, 0.717) is 30.5 Å². The quantitative estimate of drug-likeness (QED) is 0.284. The molecule has 2 aromatic carbocycles. The predicted octanol–water partition coefficient (Wildman–Crippen LogP) is 4.31. The number of guanidine groups is 1. The smallest absolute Gasteiger partial charge is 0.416 e. The maximum absolute atomic E-state index is 12.7. The van der Waals surface area contributed by atoms with Crippen molar-refractivity contribution in [3.05, 3.63) is 59.2 Å². The molecule has 178 valence electrons. The molecule has 1 atom stereocenters. The first kappa shape index (κ1) is 27.8. The summed E-state index contributed by atoms with van der Waals surface area (Å²) in [5.74, 6) is 1.86. The lowest BCUT2D eigenvalue weighted by atomic mass is 10.1. The zero-order valence-corrected chi connectivity index (χ0v) is 21.1. The first-order valence-electron chi connectivity index (χ1n) is 9.68. The van der Waals surface area contributed by atoms with Crippen LogP contribution in [0.3, 0.4) is 0 Å². The molecule has 0 saturated carbocycles. The Labute approximate surface area is 204 Å². The predicted molar refractivity (Wildman–Crippen MR) is 131 cm³/mol. The number of likely N-dealkylation sites (N-methyl/N-ethyl adjacent to an activating group) is 1. The Balaban J connectivity index is 0.00000512. The Morgan fingerprint density at radius 2 is 1.62 bits per heavy atom. The number of methoxy groups -OCH3 is 2. The van der Waals surface area contributed by atoms with Crippen molar-refractivity contribution < 1.29 is 22.6 Å². The minimum absolute atomic E-state index is 0. The Morgan fingerprint density at radius 1 is 1.00 bits per heavy atom. The van der Waals surface area contributed by atoms with Gasteiger partial charge in [-0.2, -0.15) is 13.2 Å². The van der Waals surface area contributed by atoms with Crippen LogP contribution < -0.4 is 20.1 Å². The molecule has 0 aliphatic heterocycles. The molecule has 0 bridgehead atoms. The largest absolute Gasteiger partial charge is 0.493 e. The molecule has 0 aliphatic rings. The molecule has 2 aromatic rings. The number of nitrogens with zero attached hydrogens (tertiary/aromatic N) is 2. The number of hydrogen-bond donors (Lipinski definition) is 2. The van der Waals surface area contributed by atoms with Crippen LogP contribution in [0.1, 0.15) is 22.7 Å². The minimum atomic E-state index is -4.34. The Kier molecular flexibility index (Phi) is 11.1. The van der Waals surface area contributed by atoms with E-state index in [4.69, 9.17) is 9.47 Å². The average molecular weight is 566 g/mol. The van der Waals surface area contributed by atoms with Gasteiger partial charge in [-0.15, -0.1) is 24.0 Å². The molecule has 0 aromatic heterocycles. The van der Waals surface area contributed by atoms with Gasteiger partial charge in [-0.1, -0.05) is 18.2 Å². The van der Waals surface area contributed by atoms with Crippen LogP contribution in [0.4, 0.5) is 13.2 Å². The Hall–Kier alpha value is -2.21. The number of ether oxygens (including phenoxy) is 2. The van der Waals surface area contributed by atoms with Crippen molar-refractivity contribution in [2.24, 2.45) is 4.99 Å². The molecule has 0 fully saturated rings. The zero-order valence-electron chi connectivity index (χ0n) is 18.8. The van der Waals surface area contributed by atoms with Crippen molar-refractivity contribution in [1.29, 1.82) is 0 Å². The fourth-order valence-corrected chi connectivity index (χ4v) is 3.07. The van der Waals surface area contributed by atoms with Crippen LogP contribution in [0, 0.1) is 0 Å². The van der Waals surface area contributed by atoms with E-state index >= 15 is 0 Å². The van der Waals surface area contributed by atoms with Gasteiger partial charge in [0.15, 0.2) is 17.5 Å². The number of halogens is 4. The molecule has 0 heterocycles. The van der Waals surface area contributed by atoms with Crippen LogP contribution >= 0.6 is 24.0 Å². The van der Waals surface area contributed by atoms with Gasteiger partial charge in [-0.05, 0) is 49.5 Å². The van der Waals surface area contributed by atoms with E-state index in [1.54, 1.807) is 21.3 Å². The maximum atomic E-state index is 12.7. The summed E-state index contributed by atoms with van der Waals surface area (Å²) in [6, 6.07) is 10.9. The molecule has 0 saturated heterocycles. The molecular formula is C22H30F3IN4O2. The van der Waals surface area contributed by atoms with E-state index in [0.717, 1.165) is 23.3 Å². The third-order valence-electron chi connectivity index (χ3n) is 4.84. The summed E-state index contributed by atoms with van der Waals surface area (Å²) in [6.45, 7) is 0.899. The third-order valence-corrected chi connectivity index (χ3v) is 4.84. The number of benzene rings is 2. The van der Waals surface area contributed by atoms with Crippen molar-refractivity contribution in [2.45, 2.75) is 18.8 Å². The lowest BCUT2D eigenvalue weighted by molar-refractivity contribution is -0.137. The summed E-state index contributed by atoms with van der Waals surface area (Å²) in [5.41, 5.74) is 1.09. The SMILES string of the molecule is CN=C(NCc1ccc(C(F)(F)F)cc1)NCC(c1ccc(OC)c(OC)c1)N(C)C.I. The van der Waals surface area contributed by atoms with Crippen LogP contribution in [-0.4, -0.2) is 52.8 Å². The lowest BCUT2D eigenvalue weighted by Crippen LogP contribution is -2.41. The van der Waals surface area contributed by atoms with Gasteiger partial charge in [0.05, 0.1) is 25.8 Å². The van der Waals surface area contributed by atoms with Gasteiger partial charge in [0.2, 0.25) is 0 Å². The van der Waals surface area contributed by atoms with Gasteiger partial charge in [-0.25, -0.2) is 0 Å². The number of aliphatic imine (C=N–C) groups is 1. The summed E-state index contributed by atoms with van der Waals surface area (Å²) in [5, 5.41) is 6.39. The number of nitrogens with one attached hydrogen (secondary N) is 2. The summed E-state index contributed by atoms with van der Waals surface area (Å²) in [7, 11) is 8.78. The second-order valence-corrected chi connectivity index (χ2v) is 7.10. The molecule has 32 heavy (non-hydrogen) atoms. The Bertz CT molecular complexity index is 874. The van der Waals surface area contributed by atoms with E-state index in [1.165, 1.54) is 12.1 Å². The second-order valence-electron chi connectivity index (χ2n) is 7.10. The number of rotatable bonds is 8. The first-order chi connectivity index (χ1) is 14.7. The molecule has 2 N–H and O–H groups in total. The number of hydrogen-bond acceptors (Lipinski definition) is 4. The first-order valence-corrected chi connectivity index (χ1v) is 9.68. The van der Waals surface area contributed by atoms with Crippen LogP contribution in [0.25, 0.3) is 0 Å². The van der Waals surface area contributed by atoms with Gasteiger partial charge in [-0.3, -0.25) is 4.99 Å². The maximum Gasteiger partial charge on any atom is 0.416 e. The van der Waals surface area contributed by atoms with Crippen molar-refractivity contribution in [3.8, 4) is 11.5 Å². The molecule has 2 rings (SSSR count). The molecular weight excluding hydrogens is 536 g/mol. The minimum Gasteiger partial charge on any atom is -0.493 e. The van der Waals surface area contributed by atoms with Crippen molar-refractivity contribution in [3.63, 3.8) is 0 Å². The highest BCUT2D eigenvalue weighted by Gasteiger charge is 2.29. The highest BCUT2D eigenvalue weighted by Crippen LogP contribution is 2.31. The third kappa shape index (κ3) is 7.73. The van der Waals surface area contributed by atoms with E-state index in [1.807, 2.05) is 32.3 Å². The second kappa shape index (κ2) is 12.7. The monoisotopic (exact) mass is 566 g/mol. The van der Waals surface area contributed by atoms with Gasteiger partial charge in [0.1, 0.15) is 0 Å². The molecule has 0 aliphatic carbocycles. The number of alkyl halides is 3. The summed E-state index contributed by atoms with van der Waals surface area (Å²) >= 11 is 0. The van der Waals surface area contributed by atoms with Crippen LogP contribution in [0.5, 0.6) is 11.5 Å². The fourth-order valence-electron chi connectivity index (χ4n) is 3.07. The van der Waals surface area contributed by atoms with Crippen LogP contribution in [-0.2, 0) is 12.7 Å². The van der Waals surface area contributed by atoms with Crippen molar-refractivity contribution in [1.82, 2.24) is 15.5 Å². The summed E-state index contributed by atoms with van der Waals surface area (Å²) in [6.07, 6.45) is -4.34. The highest BCUT2D eigenvalue weighted by molar-refractivity contribution is 14.0. The van der Waals surface area contributed by atoms with E-state index < -0.39 is 11.7 Å². The van der Waals surface area contributed by atoms with E-state index in [2.05, 4.69) is 20.5 Å². The molecule has 0 spiro atoms. The van der Waals surface area contributed by atoms with E-state index in [9.17, 15) is 13.2 Å². The fraction of sp³-hybridized carbons (Fsp3) is 0.409. The molecule has 0 amide bonds.